The van der Waals surface area contributed by atoms with Crippen molar-refractivity contribution in [3.05, 3.63) is 35.4 Å². The summed E-state index contributed by atoms with van der Waals surface area (Å²) < 4.78 is 4.63. The highest BCUT2D eigenvalue weighted by Crippen LogP contribution is 2.15. The summed E-state index contributed by atoms with van der Waals surface area (Å²) in [6, 6.07) is 7.03. The Morgan fingerprint density at radius 3 is 2.50 bits per heavy atom. The molecule has 0 saturated carbocycles. The number of ether oxygens (including phenoxy) is 1. The molecular weight excluding hydrogens is 202 g/mol. The minimum atomic E-state index is -0.340. The third-order valence-corrected chi connectivity index (χ3v) is 1.86. The van der Waals surface area contributed by atoms with Crippen molar-refractivity contribution in [2.24, 2.45) is 5.73 Å². The van der Waals surface area contributed by atoms with Gasteiger partial charge in [0.2, 0.25) is 0 Å². The number of hydrogen-bond donors (Lipinski definition) is 1. The summed E-state index contributed by atoms with van der Waals surface area (Å²) in [6.45, 7) is 1.84. The largest absolute Gasteiger partial charge is 0.465 e. The second kappa shape index (κ2) is 5.62. The summed E-state index contributed by atoms with van der Waals surface area (Å²) in [6.07, 6.45) is 0. The van der Waals surface area contributed by atoms with Crippen molar-refractivity contribution in [2.45, 2.75) is 13.0 Å². The molecule has 1 aromatic carbocycles. The van der Waals surface area contributed by atoms with Crippen molar-refractivity contribution in [2.75, 3.05) is 7.11 Å². The molecule has 0 unspecified atom stereocenters. The lowest BCUT2D eigenvalue weighted by Crippen LogP contribution is -2.12. The van der Waals surface area contributed by atoms with E-state index in [0.717, 1.165) is 5.56 Å². The topological polar surface area (TPSA) is 52.3 Å². The Bertz CT molecular complexity index is 313. The van der Waals surface area contributed by atoms with Crippen LogP contribution in [0.2, 0.25) is 0 Å². The summed E-state index contributed by atoms with van der Waals surface area (Å²) in [5.41, 5.74) is 7.06. The summed E-state index contributed by atoms with van der Waals surface area (Å²) in [4.78, 5) is 11.3. The zero-order valence-electron chi connectivity index (χ0n) is 8.19. The number of hydrogen-bond acceptors (Lipinski definition) is 3. The Labute approximate surface area is 89.7 Å². The predicted octanol–water partition coefficient (Wildman–Crippen LogP) is 1.91. The molecule has 1 rings (SSSR count). The molecule has 2 N–H and O–H groups in total. The van der Waals surface area contributed by atoms with Gasteiger partial charge in [-0.1, -0.05) is 18.2 Å². The van der Waals surface area contributed by atoms with Gasteiger partial charge in [0.25, 0.3) is 0 Å². The quantitative estimate of drug-likeness (QED) is 0.767. The number of carbonyl (C=O) groups excluding carboxylic acids is 1. The van der Waals surface area contributed by atoms with Crippen molar-refractivity contribution < 1.29 is 9.53 Å². The van der Waals surface area contributed by atoms with Crippen LogP contribution in [0.25, 0.3) is 0 Å². The van der Waals surface area contributed by atoms with Gasteiger partial charge in [-0.3, -0.25) is 0 Å². The minimum absolute atomic E-state index is 0. The van der Waals surface area contributed by atoms with Crippen LogP contribution in [0.3, 0.4) is 0 Å². The predicted molar refractivity (Wildman–Crippen MR) is 57.6 cm³/mol. The van der Waals surface area contributed by atoms with E-state index in [-0.39, 0.29) is 24.4 Å². The Kier molecular flexibility index (Phi) is 5.20. The first-order valence-electron chi connectivity index (χ1n) is 4.09. The van der Waals surface area contributed by atoms with E-state index in [2.05, 4.69) is 4.74 Å². The standard InChI is InChI=1S/C10H13NO2.ClH/c1-7(11)8-5-3-4-6-9(8)10(12)13-2;/h3-7H,11H2,1-2H3;1H/t7-;/m0./s1. The first-order chi connectivity index (χ1) is 6.16. The molecule has 0 saturated heterocycles. The third kappa shape index (κ3) is 2.72. The average molecular weight is 216 g/mol. The molecule has 0 aliphatic heterocycles. The molecule has 0 amide bonds. The van der Waals surface area contributed by atoms with Crippen LogP contribution in [0.15, 0.2) is 24.3 Å². The van der Waals surface area contributed by atoms with Crippen molar-refractivity contribution >= 4 is 18.4 Å². The fourth-order valence-electron chi connectivity index (χ4n) is 1.19. The lowest BCUT2D eigenvalue weighted by atomic mass is 10.0. The van der Waals surface area contributed by atoms with E-state index in [4.69, 9.17) is 5.73 Å². The first-order valence-corrected chi connectivity index (χ1v) is 4.09. The molecule has 78 valence electrons. The number of halogens is 1. The van der Waals surface area contributed by atoms with Gasteiger partial charge in [0.15, 0.2) is 0 Å². The maximum atomic E-state index is 11.3. The zero-order valence-corrected chi connectivity index (χ0v) is 9.01. The van der Waals surface area contributed by atoms with Crippen molar-refractivity contribution in [3.8, 4) is 0 Å². The lowest BCUT2D eigenvalue weighted by molar-refractivity contribution is 0.0599. The molecule has 4 heteroatoms. The van der Waals surface area contributed by atoms with E-state index in [1.165, 1.54) is 7.11 Å². The highest BCUT2D eigenvalue weighted by Gasteiger charge is 2.12. The smallest absolute Gasteiger partial charge is 0.338 e. The van der Waals surface area contributed by atoms with E-state index < -0.39 is 0 Å². The molecule has 0 heterocycles. The third-order valence-electron chi connectivity index (χ3n) is 1.86. The molecule has 0 spiro atoms. The molecule has 1 atom stereocenters. The van der Waals surface area contributed by atoms with Gasteiger partial charge in [0.05, 0.1) is 12.7 Å². The molecule has 0 bridgehead atoms. The monoisotopic (exact) mass is 215 g/mol. The summed E-state index contributed by atoms with van der Waals surface area (Å²) >= 11 is 0. The number of esters is 1. The Morgan fingerprint density at radius 1 is 1.43 bits per heavy atom. The lowest BCUT2D eigenvalue weighted by Gasteiger charge is -2.09. The fraction of sp³-hybridized carbons (Fsp3) is 0.300. The van der Waals surface area contributed by atoms with E-state index in [0.29, 0.717) is 5.56 Å². The van der Waals surface area contributed by atoms with Gasteiger partial charge in [0, 0.05) is 6.04 Å². The van der Waals surface area contributed by atoms with E-state index in [1.54, 1.807) is 12.1 Å². The number of methoxy groups -OCH3 is 1. The second-order valence-corrected chi connectivity index (χ2v) is 2.87. The number of rotatable bonds is 2. The van der Waals surface area contributed by atoms with Gasteiger partial charge >= 0.3 is 5.97 Å². The molecule has 0 aliphatic rings. The molecule has 1 aromatic rings. The molecule has 3 nitrogen and oxygen atoms in total. The van der Waals surface area contributed by atoms with Gasteiger partial charge in [-0.05, 0) is 18.6 Å². The highest BCUT2D eigenvalue weighted by atomic mass is 35.5. The van der Waals surface area contributed by atoms with E-state index in [1.807, 2.05) is 19.1 Å². The van der Waals surface area contributed by atoms with Gasteiger partial charge in [0.1, 0.15) is 0 Å². The number of nitrogens with two attached hydrogens (primary N) is 1. The molecule has 14 heavy (non-hydrogen) atoms. The number of benzene rings is 1. The Balaban J connectivity index is 0.00000169. The average Bonchev–Trinajstić information content (AvgIpc) is 2.16. The summed E-state index contributed by atoms with van der Waals surface area (Å²) in [7, 11) is 1.36. The molecular formula is C10H14ClNO2. The van der Waals surface area contributed by atoms with Gasteiger partial charge in [-0.15, -0.1) is 12.4 Å². The van der Waals surface area contributed by atoms with Crippen LogP contribution >= 0.6 is 12.4 Å². The van der Waals surface area contributed by atoms with Crippen LogP contribution in [0.1, 0.15) is 28.9 Å². The normalized spacial score (nSPS) is 11.4. The van der Waals surface area contributed by atoms with Crippen LogP contribution in [0.4, 0.5) is 0 Å². The fourth-order valence-corrected chi connectivity index (χ4v) is 1.19. The van der Waals surface area contributed by atoms with Crippen molar-refractivity contribution in [1.29, 1.82) is 0 Å². The van der Waals surface area contributed by atoms with Gasteiger partial charge in [-0.2, -0.15) is 0 Å². The highest BCUT2D eigenvalue weighted by molar-refractivity contribution is 5.91. The van der Waals surface area contributed by atoms with E-state index >= 15 is 0 Å². The zero-order chi connectivity index (χ0) is 9.84. The Morgan fingerprint density at radius 2 is 2.00 bits per heavy atom. The van der Waals surface area contributed by atoms with Gasteiger partial charge < -0.3 is 10.5 Å². The SMILES string of the molecule is COC(=O)c1ccccc1[C@H](C)N.Cl. The summed E-state index contributed by atoms with van der Waals surface area (Å²) in [5.74, 6) is -0.340. The van der Waals surface area contributed by atoms with Crippen molar-refractivity contribution in [1.82, 2.24) is 0 Å². The number of carbonyl (C=O) groups is 1. The maximum absolute atomic E-state index is 11.3. The van der Waals surface area contributed by atoms with Crippen LogP contribution in [0, 0.1) is 0 Å². The second-order valence-electron chi connectivity index (χ2n) is 2.87. The molecule has 0 fully saturated rings. The van der Waals surface area contributed by atoms with Crippen molar-refractivity contribution in [3.63, 3.8) is 0 Å². The van der Waals surface area contributed by atoms with Crippen LogP contribution < -0.4 is 5.73 Å². The summed E-state index contributed by atoms with van der Waals surface area (Å²) in [5, 5.41) is 0. The first kappa shape index (κ1) is 12.9. The molecule has 0 aromatic heterocycles. The van der Waals surface area contributed by atoms with Crippen LogP contribution in [-0.2, 0) is 4.74 Å². The maximum Gasteiger partial charge on any atom is 0.338 e. The van der Waals surface area contributed by atoms with Gasteiger partial charge in [-0.25, -0.2) is 4.79 Å². The Hall–Kier alpha value is -1.06. The minimum Gasteiger partial charge on any atom is -0.465 e. The molecule has 0 radical (unpaired) electrons. The van der Waals surface area contributed by atoms with Crippen LogP contribution in [0.5, 0.6) is 0 Å². The molecule has 0 aliphatic carbocycles. The van der Waals surface area contributed by atoms with E-state index in [9.17, 15) is 4.79 Å². The van der Waals surface area contributed by atoms with Crippen LogP contribution in [-0.4, -0.2) is 13.1 Å².